The van der Waals surface area contributed by atoms with Gasteiger partial charge >= 0.3 is 0 Å². The first kappa shape index (κ1) is 16.4. The van der Waals surface area contributed by atoms with Gasteiger partial charge in [-0.1, -0.05) is 44.9 Å². The van der Waals surface area contributed by atoms with Crippen molar-refractivity contribution in [3.63, 3.8) is 0 Å². The lowest BCUT2D eigenvalue weighted by Gasteiger charge is -2.28. The summed E-state index contributed by atoms with van der Waals surface area (Å²) in [5, 5.41) is 0.803. The molecule has 22 heavy (non-hydrogen) atoms. The molecule has 0 radical (unpaired) electrons. The predicted molar refractivity (Wildman–Crippen MR) is 99.8 cm³/mol. The summed E-state index contributed by atoms with van der Waals surface area (Å²) in [6, 6.07) is 7.31. The van der Waals surface area contributed by atoms with Crippen molar-refractivity contribution in [2.75, 3.05) is 5.75 Å². The third kappa shape index (κ3) is 4.54. The number of hydrogen-bond donors (Lipinski definition) is 0. The lowest BCUT2D eigenvalue weighted by molar-refractivity contribution is 0.281. The van der Waals surface area contributed by atoms with Crippen LogP contribution in [-0.4, -0.2) is 11.0 Å². The second-order valence-electron chi connectivity index (χ2n) is 7.76. The van der Waals surface area contributed by atoms with E-state index in [0.717, 1.165) is 17.1 Å². The Kier molecular flexibility index (Phi) is 5.90. The molecule has 0 nitrogen and oxygen atoms in total. The van der Waals surface area contributed by atoms with Crippen LogP contribution in [0.2, 0.25) is 0 Å². The van der Waals surface area contributed by atoms with Gasteiger partial charge in [0.1, 0.15) is 0 Å². The lowest BCUT2D eigenvalue weighted by Crippen LogP contribution is -2.17. The molecule has 0 amide bonds. The van der Waals surface area contributed by atoms with E-state index in [9.17, 15) is 0 Å². The van der Waals surface area contributed by atoms with Crippen molar-refractivity contribution in [3.05, 3.63) is 34.9 Å². The van der Waals surface area contributed by atoms with Crippen LogP contribution in [0, 0.1) is 11.8 Å². The number of aryl methyl sites for hydroxylation is 3. The molecule has 3 rings (SSSR count). The molecular formula is C21H32S. The van der Waals surface area contributed by atoms with Crippen LogP contribution in [-0.2, 0) is 19.3 Å². The van der Waals surface area contributed by atoms with Gasteiger partial charge < -0.3 is 0 Å². The average Bonchev–Trinajstić information content (AvgIpc) is 2.99. The smallest absolute Gasteiger partial charge is 0.000958 e. The van der Waals surface area contributed by atoms with Crippen LogP contribution in [0.1, 0.15) is 69.1 Å². The van der Waals surface area contributed by atoms with E-state index < -0.39 is 0 Å². The van der Waals surface area contributed by atoms with Crippen LogP contribution in [0.15, 0.2) is 18.2 Å². The number of fused-ring (bicyclic) bond motifs is 1. The summed E-state index contributed by atoms with van der Waals surface area (Å²) in [6.45, 7) is 4.65. The maximum Gasteiger partial charge on any atom is -0.000958 e. The number of rotatable bonds is 6. The Bertz CT molecular complexity index is 469. The van der Waals surface area contributed by atoms with E-state index >= 15 is 0 Å². The highest BCUT2D eigenvalue weighted by atomic mass is 32.2. The van der Waals surface area contributed by atoms with Gasteiger partial charge in [0.2, 0.25) is 0 Å². The third-order valence-electron chi connectivity index (χ3n) is 5.64. The van der Waals surface area contributed by atoms with E-state index in [0.29, 0.717) is 0 Å². The van der Waals surface area contributed by atoms with Crippen molar-refractivity contribution in [2.24, 2.45) is 11.8 Å². The quantitative estimate of drug-likeness (QED) is 0.615. The zero-order valence-electron chi connectivity index (χ0n) is 14.4. The molecule has 2 aliphatic carbocycles. The van der Waals surface area contributed by atoms with E-state index in [4.69, 9.17) is 0 Å². The Labute approximate surface area is 141 Å². The molecule has 0 saturated heterocycles. The number of benzene rings is 1. The van der Waals surface area contributed by atoms with E-state index in [1.807, 2.05) is 0 Å². The fourth-order valence-corrected chi connectivity index (χ4v) is 5.16. The summed E-state index contributed by atoms with van der Waals surface area (Å²) in [4.78, 5) is 0. The summed E-state index contributed by atoms with van der Waals surface area (Å²) in [5.74, 6) is 3.40. The molecule has 0 aromatic heterocycles. The van der Waals surface area contributed by atoms with E-state index in [1.165, 1.54) is 63.5 Å². The Morgan fingerprint density at radius 2 is 1.73 bits per heavy atom. The molecule has 0 N–H and O–H groups in total. The summed E-state index contributed by atoms with van der Waals surface area (Å²) < 4.78 is 0. The molecule has 1 fully saturated rings. The second kappa shape index (κ2) is 7.90. The zero-order valence-corrected chi connectivity index (χ0v) is 15.3. The predicted octanol–water partition coefficient (Wildman–Crippen LogP) is 6.06. The van der Waals surface area contributed by atoms with Gasteiger partial charge in [0.25, 0.3) is 0 Å². The number of hydrogen-bond acceptors (Lipinski definition) is 1. The Morgan fingerprint density at radius 1 is 1.00 bits per heavy atom. The van der Waals surface area contributed by atoms with Crippen molar-refractivity contribution in [2.45, 2.75) is 76.9 Å². The summed E-state index contributed by atoms with van der Waals surface area (Å²) in [5.41, 5.74) is 4.86. The first-order valence-corrected chi connectivity index (χ1v) is 10.5. The van der Waals surface area contributed by atoms with Crippen LogP contribution < -0.4 is 0 Å². The van der Waals surface area contributed by atoms with Gasteiger partial charge in [-0.2, -0.15) is 11.8 Å². The van der Waals surface area contributed by atoms with Gasteiger partial charge in [0.15, 0.2) is 0 Å². The topological polar surface area (TPSA) is 0 Å². The standard InChI is InChI=1S/C21H32S/c1-16(2)22-15-19-10-7-17(8-11-19)6-9-18-12-13-20-4-3-5-21(20)14-18/h12-14,16-17,19H,3-11,15H2,1-2H3. The molecule has 1 heteroatoms. The SMILES string of the molecule is CC(C)SCC1CCC(CCc2ccc3c(c2)CCC3)CC1. The van der Waals surface area contributed by atoms with Crippen LogP contribution in [0.3, 0.4) is 0 Å². The molecule has 0 spiro atoms. The van der Waals surface area contributed by atoms with E-state index in [-0.39, 0.29) is 0 Å². The van der Waals surface area contributed by atoms with Crippen molar-refractivity contribution in [1.82, 2.24) is 0 Å². The maximum atomic E-state index is 2.51. The Morgan fingerprint density at radius 3 is 2.50 bits per heavy atom. The molecule has 0 aliphatic heterocycles. The summed E-state index contributed by atoms with van der Waals surface area (Å²) in [7, 11) is 0. The van der Waals surface area contributed by atoms with Crippen LogP contribution in [0.25, 0.3) is 0 Å². The molecule has 0 bridgehead atoms. The molecule has 1 aromatic carbocycles. The molecule has 0 unspecified atom stereocenters. The fourth-order valence-electron chi connectivity index (χ4n) is 4.17. The lowest BCUT2D eigenvalue weighted by atomic mass is 9.80. The Balaban J connectivity index is 1.40. The number of thioether (sulfide) groups is 1. The Hall–Kier alpha value is -0.430. The van der Waals surface area contributed by atoms with Gasteiger partial charge in [-0.3, -0.25) is 0 Å². The zero-order chi connectivity index (χ0) is 15.4. The molecule has 2 aliphatic rings. The maximum absolute atomic E-state index is 2.51. The second-order valence-corrected chi connectivity index (χ2v) is 9.37. The molecule has 0 heterocycles. The highest BCUT2D eigenvalue weighted by Gasteiger charge is 2.21. The first-order chi connectivity index (χ1) is 10.7. The van der Waals surface area contributed by atoms with Crippen LogP contribution >= 0.6 is 11.8 Å². The normalized spacial score (nSPS) is 24.7. The van der Waals surface area contributed by atoms with Crippen molar-refractivity contribution >= 4 is 11.8 Å². The van der Waals surface area contributed by atoms with Crippen LogP contribution in [0.4, 0.5) is 0 Å². The monoisotopic (exact) mass is 316 g/mol. The minimum atomic E-state index is 0.803. The van der Waals surface area contributed by atoms with Crippen molar-refractivity contribution in [3.8, 4) is 0 Å². The van der Waals surface area contributed by atoms with Gasteiger partial charge in [0, 0.05) is 0 Å². The third-order valence-corrected chi connectivity index (χ3v) is 6.97. The molecular weight excluding hydrogens is 284 g/mol. The van der Waals surface area contributed by atoms with Crippen molar-refractivity contribution < 1.29 is 0 Å². The van der Waals surface area contributed by atoms with Crippen molar-refractivity contribution in [1.29, 1.82) is 0 Å². The first-order valence-electron chi connectivity index (χ1n) is 9.43. The molecule has 1 saturated carbocycles. The highest BCUT2D eigenvalue weighted by Crippen LogP contribution is 2.34. The summed E-state index contributed by atoms with van der Waals surface area (Å²) >= 11 is 2.16. The highest BCUT2D eigenvalue weighted by molar-refractivity contribution is 7.99. The van der Waals surface area contributed by atoms with Gasteiger partial charge in [-0.15, -0.1) is 0 Å². The van der Waals surface area contributed by atoms with Gasteiger partial charge in [-0.25, -0.2) is 0 Å². The van der Waals surface area contributed by atoms with E-state index in [1.54, 1.807) is 16.7 Å². The molecule has 122 valence electrons. The van der Waals surface area contributed by atoms with Crippen LogP contribution in [0.5, 0.6) is 0 Å². The summed E-state index contributed by atoms with van der Waals surface area (Å²) in [6.07, 6.45) is 12.7. The van der Waals surface area contributed by atoms with Gasteiger partial charge in [0.05, 0.1) is 0 Å². The fraction of sp³-hybridized carbons (Fsp3) is 0.714. The average molecular weight is 317 g/mol. The largest absolute Gasteiger partial charge is 0.159 e. The van der Waals surface area contributed by atoms with E-state index in [2.05, 4.69) is 43.8 Å². The molecule has 1 aromatic rings. The minimum Gasteiger partial charge on any atom is -0.159 e. The van der Waals surface area contributed by atoms with Gasteiger partial charge in [-0.05, 0) is 84.5 Å². The minimum absolute atomic E-state index is 0.803. The molecule has 0 atom stereocenters.